The van der Waals surface area contributed by atoms with E-state index in [1.807, 2.05) is 0 Å². The number of benzene rings is 2. The number of aromatic hydroxyl groups is 1. The predicted molar refractivity (Wildman–Crippen MR) is 97.0 cm³/mol. The number of fused-ring (bicyclic) bond motifs is 1. The second-order valence-electron chi connectivity index (χ2n) is 6.63. The number of phenolic OH excluding ortho intramolecular Hbond substituents is 1. The fourth-order valence-corrected chi connectivity index (χ4v) is 4.16. The average molecular weight is 373 g/mol. The van der Waals surface area contributed by atoms with E-state index in [4.69, 9.17) is 0 Å². The first-order valence-electron chi connectivity index (χ1n) is 8.05. The van der Waals surface area contributed by atoms with E-state index in [-0.39, 0.29) is 17.1 Å². The number of nitrogens with zero attached hydrogens (tertiary/aromatic N) is 1. The van der Waals surface area contributed by atoms with E-state index in [0.29, 0.717) is 22.3 Å². The molecule has 0 saturated carbocycles. The second-order valence-corrected chi connectivity index (χ2v) is 8.82. The summed E-state index contributed by atoms with van der Waals surface area (Å²) in [7, 11) is -3.48. The monoisotopic (exact) mass is 373 g/mol. The molecule has 1 aliphatic rings. The first-order valence-corrected chi connectivity index (χ1v) is 10.1. The lowest BCUT2D eigenvalue weighted by Gasteiger charge is -2.26. The maximum atomic E-state index is 12.9. The summed E-state index contributed by atoms with van der Waals surface area (Å²) < 4.78 is 24.0. The van der Waals surface area contributed by atoms with Gasteiger partial charge in [-0.25, -0.2) is 8.42 Å². The predicted octanol–water partition coefficient (Wildman–Crippen LogP) is 2.39. The van der Waals surface area contributed by atoms with Crippen LogP contribution in [0, 0.1) is 13.8 Å². The molecule has 0 aliphatic carbocycles. The molecule has 0 aromatic heterocycles. The lowest BCUT2D eigenvalue weighted by atomic mass is 10.0. The molecule has 7 heteroatoms. The van der Waals surface area contributed by atoms with Crippen molar-refractivity contribution in [1.29, 1.82) is 0 Å². The fraction of sp³-hybridized carbons (Fsp3) is 0.263. The number of amides is 2. The Morgan fingerprint density at radius 3 is 2.31 bits per heavy atom. The van der Waals surface area contributed by atoms with Gasteiger partial charge in [0.1, 0.15) is 15.6 Å². The van der Waals surface area contributed by atoms with E-state index >= 15 is 0 Å². The average Bonchev–Trinajstić information content (AvgIpc) is 2.80. The summed E-state index contributed by atoms with van der Waals surface area (Å²) in [5.41, 5.74) is 2.28. The van der Waals surface area contributed by atoms with Gasteiger partial charge >= 0.3 is 0 Å². The van der Waals surface area contributed by atoms with E-state index in [0.717, 1.165) is 11.2 Å². The molecule has 26 heavy (non-hydrogen) atoms. The van der Waals surface area contributed by atoms with Gasteiger partial charge in [0.25, 0.3) is 11.8 Å². The summed E-state index contributed by atoms with van der Waals surface area (Å²) in [6, 6.07) is 8.61. The van der Waals surface area contributed by atoms with Crippen LogP contribution in [0.5, 0.6) is 5.75 Å². The SMILES string of the molecule is Cc1cc(C(CS(C)(=O)=O)N2C(=O)c3cccc(C)c3C2=O)ccc1O. The molecule has 0 saturated heterocycles. The number of rotatable bonds is 4. The Balaban J connectivity index is 2.14. The summed E-state index contributed by atoms with van der Waals surface area (Å²) in [5, 5.41) is 9.74. The van der Waals surface area contributed by atoms with Crippen molar-refractivity contribution < 1.29 is 23.1 Å². The lowest BCUT2D eigenvalue weighted by Crippen LogP contribution is -2.37. The standard InChI is InChI=1S/C19H19NO5S/c1-11-5-4-6-14-17(11)19(23)20(18(14)22)15(10-26(3,24)25)13-7-8-16(21)12(2)9-13/h4-9,15,21H,10H2,1-3H3. The minimum absolute atomic E-state index is 0.0602. The number of carbonyl (C=O) groups excluding carboxylic acids is 2. The van der Waals surface area contributed by atoms with Crippen molar-refractivity contribution in [1.82, 2.24) is 4.90 Å². The summed E-state index contributed by atoms with van der Waals surface area (Å²) >= 11 is 0. The molecular weight excluding hydrogens is 354 g/mol. The van der Waals surface area contributed by atoms with Crippen molar-refractivity contribution in [2.45, 2.75) is 19.9 Å². The van der Waals surface area contributed by atoms with Gasteiger partial charge in [0.2, 0.25) is 0 Å². The van der Waals surface area contributed by atoms with Crippen molar-refractivity contribution in [3.05, 3.63) is 64.2 Å². The van der Waals surface area contributed by atoms with Crippen molar-refractivity contribution >= 4 is 21.7 Å². The molecule has 3 rings (SSSR count). The normalized spacial score (nSPS) is 15.3. The molecule has 2 amide bonds. The van der Waals surface area contributed by atoms with Crippen LogP contribution in [0.3, 0.4) is 0 Å². The third-order valence-corrected chi connectivity index (χ3v) is 5.45. The molecule has 1 N–H and O–H groups in total. The topological polar surface area (TPSA) is 91.8 Å². The Bertz CT molecular complexity index is 1030. The molecule has 1 heterocycles. The molecule has 136 valence electrons. The number of imide groups is 1. The molecule has 1 unspecified atom stereocenters. The first-order chi connectivity index (χ1) is 12.1. The van der Waals surface area contributed by atoms with Crippen LogP contribution < -0.4 is 0 Å². The van der Waals surface area contributed by atoms with Crippen molar-refractivity contribution in [2.24, 2.45) is 0 Å². The van der Waals surface area contributed by atoms with Crippen LogP contribution in [0.2, 0.25) is 0 Å². The number of phenols is 1. The third-order valence-electron chi connectivity index (χ3n) is 4.53. The maximum absolute atomic E-state index is 12.9. The number of hydrogen-bond donors (Lipinski definition) is 1. The molecule has 0 radical (unpaired) electrons. The van der Waals surface area contributed by atoms with Crippen LogP contribution in [-0.4, -0.2) is 42.2 Å². The molecule has 0 spiro atoms. The fourth-order valence-electron chi connectivity index (χ4n) is 3.25. The van der Waals surface area contributed by atoms with Gasteiger partial charge in [-0.3, -0.25) is 14.5 Å². The first kappa shape index (κ1) is 18.1. The molecule has 2 aromatic rings. The summed E-state index contributed by atoms with van der Waals surface area (Å²) in [6.07, 6.45) is 1.07. The Labute approximate surface area is 152 Å². The zero-order valence-electron chi connectivity index (χ0n) is 14.7. The largest absolute Gasteiger partial charge is 0.508 e. The third kappa shape index (κ3) is 3.10. The molecule has 1 atom stereocenters. The number of sulfone groups is 1. The Hall–Kier alpha value is -2.67. The quantitative estimate of drug-likeness (QED) is 0.831. The van der Waals surface area contributed by atoms with Crippen LogP contribution in [0.1, 0.15) is 43.4 Å². The summed E-state index contributed by atoms with van der Waals surface area (Å²) in [6.45, 7) is 3.41. The van der Waals surface area contributed by atoms with E-state index in [1.54, 1.807) is 38.1 Å². The van der Waals surface area contributed by atoms with Gasteiger partial charge in [0.05, 0.1) is 22.9 Å². The van der Waals surface area contributed by atoms with Gasteiger partial charge in [-0.15, -0.1) is 0 Å². The highest BCUT2D eigenvalue weighted by Crippen LogP contribution is 2.35. The molecule has 0 fully saturated rings. The van der Waals surface area contributed by atoms with Gasteiger partial charge < -0.3 is 5.11 Å². The Morgan fingerprint density at radius 1 is 1.04 bits per heavy atom. The van der Waals surface area contributed by atoms with Gasteiger partial charge in [-0.2, -0.15) is 0 Å². The molecule has 0 bridgehead atoms. The lowest BCUT2D eigenvalue weighted by molar-refractivity contribution is 0.0597. The smallest absolute Gasteiger partial charge is 0.262 e. The maximum Gasteiger partial charge on any atom is 0.262 e. The Morgan fingerprint density at radius 2 is 1.73 bits per heavy atom. The van der Waals surface area contributed by atoms with E-state index in [9.17, 15) is 23.1 Å². The zero-order chi connectivity index (χ0) is 19.2. The summed E-state index contributed by atoms with van der Waals surface area (Å²) in [4.78, 5) is 26.8. The second kappa shape index (κ2) is 6.25. The van der Waals surface area contributed by atoms with Crippen LogP contribution in [-0.2, 0) is 9.84 Å². The number of aryl methyl sites for hydroxylation is 2. The van der Waals surface area contributed by atoms with Crippen LogP contribution in [0.15, 0.2) is 36.4 Å². The van der Waals surface area contributed by atoms with Gasteiger partial charge in [-0.05, 0) is 42.7 Å². The minimum Gasteiger partial charge on any atom is -0.508 e. The molecule has 6 nitrogen and oxygen atoms in total. The van der Waals surface area contributed by atoms with Gasteiger partial charge in [0, 0.05) is 6.26 Å². The van der Waals surface area contributed by atoms with Crippen molar-refractivity contribution in [3.63, 3.8) is 0 Å². The minimum atomic E-state index is -3.48. The molecular formula is C19H19NO5S. The van der Waals surface area contributed by atoms with Crippen molar-refractivity contribution in [2.75, 3.05) is 12.0 Å². The summed E-state index contributed by atoms with van der Waals surface area (Å²) in [5.74, 6) is -1.33. The number of hydrogen-bond acceptors (Lipinski definition) is 5. The van der Waals surface area contributed by atoms with E-state index < -0.39 is 27.7 Å². The highest BCUT2D eigenvalue weighted by atomic mass is 32.2. The van der Waals surface area contributed by atoms with Crippen LogP contribution in [0.4, 0.5) is 0 Å². The van der Waals surface area contributed by atoms with Gasteiger partial charge in [-0.1, -0.05) is 24.3 Å². The van der Waals surface area contributed by atoms with Crippen molar-refractivity contribution in [3.8, 4) is 5.75 Å². The highest BCUT2D eigenvalue weighted by molar-refractivity contribution is 7.90. The van der Waals surface area contributed by atoms with Crippen LogP contribution in [0.25, 0.3) is 0 Å². The van der Waals surface area contributed by atoms with E-state index in [2.05, 4.69) is 0 Å². The van der Waals surface area contributed by atoms with Crippen LogP contribution >= 0.6 is 0 Å². The van der Waals surface area contributed by atoms with Gasteiger partial charge in [0.15, 0.2) is 0 Å². The number of carbonyl (C=O) groups is 2. The zero-order valence-corrected chi connectivity index (χ0v) is 15.5. The molecule has 1 aliphatic heterocycles. The Kier molecular flexibility index (Phi) is 4.36. The van der Waals surface area contributed by atoms with E-state index in [1.165, 1.54) is 12.1 Å². The molecule has 2 aromatic carbocycles. The highest BCUT2D eigenvalue weighted by Gasteiger charge is 2.42.